The summed E-state index contributed by atoms with van der Waals surface area (Å²) in [6, 6.07) is 0. The minimum Gasteiger partial charge on any atom is -0.457 e. The molecule has 3 radical (unpaired) electrons. The van der Waals surface area contributed by atoms with E-state index in [9.17, 15) is 0 Å². The minimum absolute atomic E-state index is 1.16. The summed E-state index contributed by atoms with van der Waals surface area (Å²) in [5, 5.41) is 21.5. The number of rotatable bonds is 0. The quantitative estimate of drug-likeness (QED) is 0.306. The van der Waals surface area contributed by atoms with Crippen LogP contribution in [0.2, 0.25) is 0 Å². The van der Waals surface area contributed by atoms with Crippen molar-refractivity contribution in [3.63, 3.8) is 0 Å². The van der Waals surface area contributed by atoms with Gasteiger partial charge in [0, 0.05) is 0 Å². The van der Waals surface area contributed by atoms with Gasteiger partial charge in [-0.25, -0.2) is 0 Å². The predicted molar refractivity (Wildman–Crippen MR) is 32.9 cm³/mol. The maximum Gasteiger partial charge on any atom is 0.631 e. The van der Waals surface area contributed by atoms with Gasteiger partial charge in [-0.1, -0.05) is 0 Å². The lowest BCUT2D eigenvalue weighted by molar-refractivity contribution is 0.278. The molecule has 0 unspecified atom stereocenters. The predicted octanol–water partition coefficient (Wildman–Crippen LogP) is -3.40. The summed E-state index contributed by atoms with van der Waals surface area (Å²) in [5.74, 6) is 0. The van der Waals surface area contributed by atoms with Gasteiger partial charge < -0.3 is 28.8 Å². The van der Waals surface area contributed by atoms with Gasteiger partial charge in [-0.3, -0.25) is 0 Å². The van der Waals surface area contributed by atoms with Crippen LogP contribution in [-0.2, 0) is 13.7 Å². The van der Waals surface area contributed by atoms with Crippen LogP contribution in [0, 0.1) is 0 Å². The zero-order chi connectivity index (χ0) is 7.82. The average Bonchev–Trinajstić information content (AvgIpc) is 1.90. The van der Waals surface area contributed by atoms with Crippen LogP contribution in [0.1, 0.15) is 0 Å². The summed E-state index contributed by atoms with van der Waals surface area (Å²) in [6.07, 6.45) is 0. The van der Waals surface area contributed by atoms with Gasteiger partial charge in [0.2, 0.25) is 0 Å². The van der Waals surface area contributed by atoms with E-state index in [0.29, 0.717) is 0 Å². The van der Waals surface area contributed by atoms with E-state index in [1.165, 1.54) is 0 Å². The van der Waals surface area contributed by atoms with Crippen LogP contribution in [-0.4, -0.2) is 45.4 Å². The third-order valence-corrected chi connectivity index (χ3v) is 0.333. The Balaban J connectivity index is 0.000000180. The van der Waals surface area contributed by atoms with Crippen LogP contribution in [0.4, 0.5) is 0 Å². The van der Waals surface area contributed by atoms with E-state index in [0.717, 1.165) is 23.1 Å². The molecule has 10 heteroatoms. The topological polar surface area (TPSA) is 88.4 Å². The summed E-state index contributed by atoms with van der Waals surface area (Å²) in [5.41, 5.74) is 0. The lowest BCUT2D eigenvalue weighted by Gasteiger charge is -2.05. The van der Waals surface area contributed by atoms with E-state index in [2.05, 4.69) is 13.7 Å². The molecule has 1 aliphatic heterocycles. The first-order chi connectivity index (χ1) is 4.73. The molecular formula is H3B4O6. The molecule has 0 amide bonds. The van der Waals surface area contributed by atoms with Crippen molar-refractivity contribution in [2.45, 2.75) is 0 Å². The van der Waals surface area contributed by atoms with Crippen LogP contribution in [0.25, 0.3) is 0 Å². The van der Waals surface area contributed by atoms with Crippen LogP contribution >= 0.6 is 0 Å². The Bertz CT molecular complexity index is 46.5. The Morgan fingerprint density at radius 2 is 1.00 bits per heavy atom. The number of hydrogen-bond donors (Lipinski definition) is 3. The minimum atomic E-state index is -2.17. The van der Waals surface area contributed by atoms with Gasteiger partial charge in [0.15, 0.2) is 0 Å². The second-order valence-corrected chi connectivity index (χ2v) is 1.04. The molecule has 1 saturated heterocycles. The van der Waals surface area contributed by atoms with Gasteiger partial charge in [-0.15, -0.1) is 0 Å². The first kappa shape index (κ1) is 10.0. The fourth-order valence-electron chi connectivity index (χ4n) is 0.164. The normalized spacial score (nSPS) is 14.7. The molecule has 51 valence electrons. The van der Waals surface area contributed by atoms with Crippen molar-refractivity contribution in [2.24, 2.45) is 0 Å². The highest BCUT2D eigenvalue weighted by Gasteiger charge is 2.05. The van der Waals surface area contributed by atoms with Gasteiger partial charge in [-0.05, 0) is 0 Å². The third-order valence-electron chi connectivity index (χ3n) is 0.333. The summed E-state index contributed by atoms with van der Waals surface area (Å²) in [7, 11) is 1.30. The van der Waals surface area contributed by atoms with E-state index in [-0.39, 0.29) is 0 Å². The van der Waals surface area contributed by atoms with Crippen molar-refractivity contribution in [2.75, 3.05) is 0 Å². The van der Waals surface area contributed by atoms with Crippen LogP contribution < -0.4 is 0 Å². The first-order valence-electron chi connectivity index (χ1n) is 2.19. The molecule has 0 aromatic carbocycles. The fraction of sp³-hybridized carbons (Fsp3) is 0. The number of hydrogen-bond acceptors (Lipinski definition) is 6. The van der Waals surface area contributed by atoms with Crippen molar-refractivity contribution < 1.29 is 28.8 Å². The SMILES string of the molecule is OB(O)O.[B]1O[B]O[B]O1. The molecule has 3 N–H and O–H groups in total. The Labute approximate surface area is 60.2 Å². The molecule has 0 aliphatic carbocycles. The van der Waals surface area contributed by atoms with E-state index in [1.807, 2.05) is 0 Å². The first-order valence-corrected chi connectivity index (χ1v) is 2.19. The molecule has 1 heterocycles. The van der Waals surface area contributed by atoms with Crippen molar-refractivity contribution in [3.05, 3.63) is 0 Å². The molecule has 0 bridgehead atoms. The highest BCUT2D eigenvalue weighted by Crippen LogP contribution is 1.78. The molecule has 1 fully saturated rings. The monoisotopic (exact) mass is 143 g/mol. The molecule has 0 aromatic rings. The van der Waals surface area contributed by atoms with E-state index < -0.39 is 7.32 Å². The lowest BCUT2D eigenvalue weighted by Crippen LogP contribution is -2.23. The Hall–Kier alpha value is 0.0197. The molecule has 0 atom stereocenters. The van der Waals surface area contributed by atoms with E-state index >= 15 is 0 Å². The van der Waals surface area contributed by atoms with Gasteiger partial charge >= 0.3 is 30.4 Å². The summed E-state index contributed by atoms with van der Waals surface area (Å²) >= 11 is 0. The molecule has 1 rings (SSSR count). The van der Waals surface area contributed by atoms with E-state index in [1.54, 1.807) is 0 Å². The molecule has 0 saturated carbocycles. The highest BCUT2D eigenvalue weighted by atomic mass is 16.7. The second kappa shape index (κ2) is 7.13. The van der Waals surface area contributed by atoms with Crippen molar-refractivity contribution in [3.8, 4) is 0 Å². The molecule has 0 spiro atoms. The van der Waals surface area contributed by atoms with Crippen LogP contribution in [0.5, 0.6) is 0 Å². The third kappa shape index (κ3) is 10.9. The Morgan fingerprint density at radius 1 is 0.800 bits per heavy atom. The second-order valence-electron chi connectivity index (χ2n) is 1.04. The standard InChI is InChI=1S/B3O3.BH3O3/c1-4-2-6-3-5-1;2-1(3)4/h;2-4H. The summed E-state index contributed by atoms with van der Waals surface area (Å²) in [4.78, 5) is 0. The molecule has 6 nitrogen and oxygen atoms in total. The summed E-state index contributed by atoms with van der Waals surface area (Å²) < 4.78 is 13.0. The van der Waals surface area contributed by atoms with Gasteiger partial charge in [0.1, 0.15) is 0 Å². The maximum absolute atomic E-state index is 7.17. The van der Waals surface area contributed by atoms with E-state index in [4.69, 9.17) is 15.1 Å². The van der Waals surface area contributed by atoms with Crippen molar-refractivity contribution in [1.29, 1.82) is 0 Å². The Morgan fingerprint density at radius 3 is 1.10 bits per heavy atom. The smallest absolute Gasteiger partial charge is 0.457 e. The van der Waals surface area contributed by atoms with Crippen molar-refractivity contribution >= 4 is 30.4 Å². The largest absolute Gasteiger partial charge is 0.631 e. The van der Waals surface area contributed by atoms with Crippen LogP contribution in [0.3, 0.4) is 0 Å². The molecule has 1 aliphatic rings. The summed E-state index contributed by atoms with van der Waals surface area (Å²) in [6.45, 7) is 0. The lowest BCUT2D eigenvalue weighted by atomic mass is 10.1. The molecule has 10 heavy (non-hydrogen) atoms. The molecule has 0 aromatic heterocycles. The van der Waals surface area contributed by atoms with Gasteiger partial charge in [0.25, 0.3) is 0 Å². The van der Waals surface area contributed by atoms with Gasteiger partial charge in [0.05, 0.1) is 0 Å². The maximum atomic E-state index is 7.17. The van der Waals surface area contributed by atoms with Gasteiger partial charge in [-0.2, -0.15) is 0 Å². The Kier molecular flexibility index (Phi) is 7.14. The fourth-order valence-corrected chi connectivity index (χ4v) is 0.164. The van der Waals surface area contributed by atoms with Crippen molar-refractivity contribution in [1.82, 2.24) is 0 Å². The zero-order valence-corrected chi connectivity index (χ0v) is 4.88. The zero-order valence-electron chi connectivity index (χ0n) is 4.88. The van der Waals surface area contributed by atoms with Crippen LogP contribution in [0.15, 0.2) is 0 Å². The molecular weight excluding hydrogens is 139 g/mol. The highest BCUT2D eigenvalue weighted by molar-refractivity contribution is 6.50. The average molecular weight is 142 g/mol.